The van der Waals surface area contributed by atoms with Crippen LogP contribution in [0.4, 0.5) is 5.13 Å². The van der Waals surface area contributed by atoms with Gasteiger partial charge in [-0.05, 0) is 37.6 Å². The Kier molecular flexibility index (Phi) is 4.80. The highest BCUT2D eigenvalue weighted by Crippen LogP contribution is 2.24. The second-order valence-electron chi connectivity index (χ2n) is 6.20. The third-order valence-corrected chi connectivity index (χ3v) is 4.84. The van der Waals surface area contributed by atoms with Gasteiger partial charge in [0.15, 0.2) is 0 Å². The Labute approximate surface area is 162 Å². The van der Waals surface area contributed by atoms with Crippen molar-refractivity contribution < 1.29 is 0 Å². The molecule has 1 N–H and O–H groups in total. The summed E-state index contributed by atoms with van der Waals surface area (Å²) in [4.78, 5) is 4.56. The summed E-state index contributed by atoms with van der Waals surface area (Å²) < 4.78 is 1.94. The van der Waals surface area contributed by atoms with Gasteiger partial charge < -0.3 is 0 Å². The molecule has 0 bridgehead atoms. The van der Waals surface area contributed by atoms with Crippen molar-refractivity contribution in [1.82, 2.24) is 14.8 Å². The zero-order valence-corrected chi connectivity index (χ0v) is 15.9. The number of nitrogens with one attached hydrogen (secondary N) is 1. The molecule has 0 saturated carbocycles. The summed E-state index contributed by atoms with van der Waals surface area (Å²) >= 11 is 1.54. The van der Waals surface area contributed by atoms with E-state index in [9.17, 15) is 0 Å². The van der Waals surface area contributed by atoms with E-state index in [2.05, 4.69) is 33.6 Å². The van der Waals surface area contributed by atoms with Crippen LogP contribution < -0.4 is 5.43 Å². The average Bonchev–Trinajstić information content (AvgIpc) is 3.29. The lowest BCUT2D eigenvalue weighted by Crippen LogP contribution is -1.99. The van der Waals surface area contributed by atoms with Crippen molar-refractivity contribution >= 4 is 22.7 Å². The van der Waals surface area contributed by atoms with Crippen LogP contribution >= 0.6 is 11.3 Å². The van der Waals surface area contributed by atoms with Crippen LogP contribution in [0.15, 0.2) is 71.1 Å². The molecule has 0 radical (unpaired) electrons. The third kappa shape index (κ3) is 3.96. The normalized spacial score (nSPS) is 11.2. The zero-order chi connectivity index (χ0) is 18.6. The predicted molar refractivity (Wildman–Crippen MR) is 112 cm³/mol. The number of nitrogens with zero attached hydrogens (tertiary/aromatic N) is 4. The van der Waals surface area contributed by atoms with Gasteiger partial charge in [-0.3, -0.25) is 5.43 Å². The van der Waals surface area contributed by atoms with Gasteiger partial charge in [0.05, 0.1) is 23.3 Å². The molecule has 2 aromatic carbocycles. The van der Waals surface area contributed by atoms with E-state index in [0.717, 1.165) is 39.0 Å². The van der Waals surface area contributed by atoms with Crippen LogP contribution in [-0.2, 0) is 0 Å². The van der Waals surface area contributed by atoms with Gasteiger partial charge in [-0.15, -0.1) is 11.3 Å². The molecule has 0 atom stereocenters. The van der Waals surface area contributed by atoms with Crippen LogP contribution in [0.1, 0.15) is 17.0 Å². The minimum Gasteiger partial charge on any atom is -0.253 e. The molecule has 0 fully saturated rings. The molecule has 2 heterocycles. The molecule has 27 heavy (non-hydrogen) atoms. The van der Waals surface area contributed by atoms with Crippen molar-refractivity contribution in [2.75, 3.05) is 5.43 Å². The molecule has 0 unspecified atom stereocenters. The summed E-state index contributed by atoms with van der Waals surface area (Å²) in [6.07, 6.45) is 1.79. The summed E-state index contributed by atoms with van der Waals surface area (Å²) in [5.41, 5.74) is 9.24. The van der Waals surface area contributed by atoms with E-state index in [-0.39, 0.29) is 0 Å². The number of rotatable bonds is 5. The maximum Gasteiger partial charge on any atom is 0.203 e. The van der Waals surface area contributed by atoms with Gasteiger partial charge in [0.25, 0.3) is 0 Å². The molecule has 2 aromatic heterocycles. The molecule has 0 aliphatic heterocycles. The van der Waals surface area contributed by atoms with Crippen LogP contribution in [0.2, 0.25) is 0 Å². The van der Waals surface area contributed by atoms with Gasteiger partial charge in [-0.25, -0.2) is 9.67 Å². The Morgan fingerprint density at radius 3 is 2.52 bits per heavy atom. The SMILES string of the molecule is Cc1cc(C)n(-c2ccc(C=NNc3nc(-c4ccccc4)cs3)cc2)n1. The smallest absolute Gasteiger partial charge is 0.203 e. The van der Waals surface area contributed by atoms with E-state index in [1.54, 1.807) is 6.21 Å². The highest BCUT2D eigenvalue weighted by Gasteiger charge is 2.04. The first kappa shape index (κ1) is 17.2. The van der Waals surface area contributed by atoms with Crippen LogP contribution in [0.3, 0.4) is 0 Å². The molecule has 0 amide bonds. The summed E-state index contributed by atoms with van der Waals surface area (Å²) in [5, 5.41) is 11.6. The van der Waals surface area contributed by atoms with E-state index in [4.69, 9.17) is 0 Å². The highest BCUT2D eigenvalue weighted by molar-refractivity contribution is 7.14. The van der Waals surface area contributed by atoms with Crippen LogP contribution in [0, 0.1) is 13.8 Å². The topological polar surface area (TPSA) is 55.1 Å². The Morgan fingerprint density at radius 2 is 1.81 bits per heavy atom. The second kappa shape index (κ2) is 7.55. The number of aromatic nitrogens is 3. The Morgan fingerprint density at radius 1 is 1.04 bits per heavy atom. The van der Waals surface area contributed by atoms with Crippen molar-refractivity contribution in [3.05, 3.63) is 83.0 Å². The quantitative estimate of drug-likeness (QED) is 0.393. The molecule has 134 valence electrons. The van der Waals surface area contributed by atoms with Crippen molar-refractivity contribution in [3.63, 3.8) is 0 Å². The van der Waals surface area contributed by atoms with Crippen molar-refractivity contribution in [3.8, 4) is 16.9 Å². The van der Waals surface area contributed by atoms with Crippen molar-refractivity contribution in [1.29, 1.82) is 0 Å². The van der Waals surface area contributed by atoms with Gasteiger partial charge in [0, 0.05) is 16.6 Å². The molecule has 0 aliphatic carbocycles. The lowest BCUT2D eigenvalue weighted by Gasteiger charge is -2.04. The number of hydrogen-bond acceptors (Lipinski definition) is 5. The van der Waals surface area contributed by atoms with E-state index < -0.39 is 0 Å². The first-order valence-corrected chi connectivity index (χ1v) is 9.51. The highest BCUT2D eigenvalue weighted by atomic mass is 32.1. The van der Waals surface area contributed by atoms with Gasteiger partial charge >= 0.3 is 0 Å². The fourth-order valence-electron chi connectivity index (χ4n) is 2.82. The second-order valence-corrected chi connectivity index (χ2v) is 7.06. The maximum atomic E-state index is 4.56. The number of aryl methyl sites for hydroxylation is 2. The van der Waals surface area contributed by atoms with Crippen molar-refractivity contribution in [2.45, 2.75) is 13.8 Å². The fourth-order valence-corrected chi connectivity index (χ4v) is 3.49. The van der Waals surface area contributed by atoms with Crippen LogP contribution in [0.25, 0.3) is 16.9 Å². The standard InChI is InChI=1S/C21H19N5S/c1-15-12-16(2)26(25-15)19-10-8-17(9-11-19)13-22-24-21-23-20(14-27-21)18-6-4-3-5-7-18/h3-14H,1-2H3,(H,23,24). The number of hydrazone groups is 1. The monoisotopic (exact) mass is 373 g/mol. The lowest BCUT2D eigenvalue weighted by atomic mass is 10.2. The largest absolute Gasteiger partial charge is 0.253 e. The predicted octanol–water partition coefficient (Wildman–Crippen LogP) is 5.06. The molecule has 0 saturated heterocycles. The summed E-state index contributed by atoms with van der Waals surface area (Å²) in [6.45, 7) is 4.05. The first-order chi connectivity index (χ1) is 13.2. The van der Waals surface area contributed by atoms with Crippen molar-refractivity contribution in [2.24, 2.45) is 5.10 Å². The van der Waals surface area contributed by atoms with Gasteiger partial charge in [0.2, 0.25) is 5.13 Å². The zero-order valence-electron chi connectivity index (χ0n) is 15.1. The Balaban J connectivity index is 1.42. The van der Waals surface area contributed by atoms with E-state index in [0.29, 0.717) is 0 Å². The molecule has 6 heteroatoms. The minimum absolute atomic E-state index is 0.768. The van der Waals surface area contributed by atoms with Crippen LogP contribution in [0.5, 0.6) is 0 Å². The maximum absolute atomic E-state index is 4.56. The number of hydrogen-bond donors (Lipinski definition) is 1. The first-order valence-electron chi connectivity index (χ1n) is 8.63. The lowest BCUT2D eigenvalue weighted by molar-refractivity contribution is 0.833. The number of anilines is 1. The minimum atomic E-state index is 0.768. The molecular weight excluding hydrogens is 354 g/mol. The molecule has 4 aromatic rings. The van der Waals surface area contributed by atoms with E-state index in [1.165, 1.54) is 11.3 Å². The average molecular weight is 373 g/mol. The van der Waals surface area contributed by atoms with Gasteiger partial charge in [0.1, 0.15) is 0 Å². The molecule has 0 spiro atoms. The molecule has 4 rings (SSSR count). The summed E-state index contributed by atoms with van der Waals surface area (Å²) in [7, 11) is 0. The summed E-state index contributed by atoms with van der Waals surface area (Å²) in [6, 6.07) is 20.3. The number of thiazole rings is 1. The molecule has 0 aliphatic rings. The molecular formula is C21H19N5S. The van der Waals surface area contributed by atoms with Gasteiger partial charge in [-0.2, -0.15) is 10.2 Å². The Hall–Kier alpha value is -3.25. The van der Waals surface area contributed by atoms with Gasteiger partial charge in [-0.1, -0.05) is 42.5 Å². The van der Waals surface area contributed by atoms with Crippen LogP contribution in [-0.4, -0.2) is 21.0 Å². The number of benzene rings is 2. The fraction of sp³-hybridized carbons (Fsp3) is 0.0952. The van der Waals surface area contributed by atoms with E-state index in [1.807, 2.05) is 71.6 Å². The summed E-state index contributed by atoms with van der Waals surface area (Å²) in [5.74, 6) is 0. The molecule has 5 nitrogen and oxygen atoms in total. The Bertz CT molecular complexity index is 1060. The van der Waals surface area contributed by atoms with E-state index >= 15 is 0 Å². The third-order valence-electron chi connectivity index (χ3n) is 4.09.